The third-order valence-corrected chi connectivity index (χ3v) is 3.77. The molecule has 0 spiro atoms. The van der Waals surface area contributed by atoms with E-state index in [4.69, 9.17) is 5.73 Å². The predicted molar refractivity (Wildman–Crippen MR) is 61.3 cm³/mol. The molecule has 3 nitrogen and oxygen atoms in total. The van der Waals surface area contributed by atoms with Crippen molar-refractivity contribution >= 4 is 17.7 Å². The largest absolute Gasteiger partial charge is 0.352 e. The van der Waals surface area contributed by atoms with Crippen molar-refractivity contribution in [3.8, 4) is 0 Å². The maximum Gasteiger partial charge on any atom is 0.223 e. The van der Waals surface area contributed by atoms with Gasteiger partial charge in [-0.25, -0.2) is 0 Å². The predicted octanol–water partition coefficient (Wildman–Crippen LogP) is 0.983. The second kappa shape index (κ2) is 6.30. The smallest absolute Gasteiger partial charge is 0.223 e. The number of carbonyl (C=O) groups is 1. The molecule has 3 N–H and O–H groups in total. The van der Waals surface area contributed by atoms with Gasteiger partial charge in [-0.15, -0.1) is 0 Å². The van der Waals surface area contributed by atoms with Crippen LogP contribution in [0.5, 0.6) is 0 Å². The normalized spacial score (nSPS) is 24.3. The molecule has 0 radical (unpaired) electrons. The average Bonchev–Trinajstić information content (AvgIpc) is 2.19. The second-order valence-electron chi connectivity index (χ2n) is 3.90. The van der Waals surface area contributed by atoms with E-state index in [-0.39, 0.29) is 11.8 Å². The Morgan fingerprint density at radius 2 is 2.50 bits per heavy atom. The molecule has 82 valence electrons. The zero-order chi connectivity index (χ0) is 10.4. The van der Waals surface area contributed by atoms with Gasteiger partial charge in [-0.1, -0.05) is 6.92 Å². The lowest BCUT2D eigenvalue weighted by molar-refractivity contribution is -0.125. The van der Waals surface area contributed by atoms with E-state index < -0.39 is 0 Å². The summed E-state index contributed by atoms with van der Waals surface area (Å²) in [6.45, 7) is 2.53. The fourth-order valence-corrected chi connectivity index (χ4v) is 2.65. The molecular weight excluding hydrogens is 196 g/mol. The van der Waals surface area contributed by atoms with Gasteiger partial charge in [0.2, 0.25) is 5.91 Å². The molecule has 2 atom stereocenters. The van der Waals surface area contributed by atoms with Crippen molar-refractivity contribution in [3.63, 3.8) is 0 Å². The van der Waals surface area contributed by atoms with E-state index in [2.05, 4.69) is 5.32 Å². The summed E-state index contributed by atoms with van der Waals surface area (Å²) >= 11 is 1.93. The minimum atomic E-state index is 0.0620. The fraction of sp³-hybridized carbons (Fsp3) is 0.900. The molecule has 0 saturated carbocycles. The molecule has 1 amide bonds. The molecule has 0 aromatic carbocycles. The highest BCUT2D eigenvalue weighted by molar-refractivity contribution is 7.99. The van der Waals surface area contributed by atoms with Crippen LogP contribution < -0.4 is 11.1 Å². The van der Waals surface area contributed by atoms with Crippen LogP contribution in [0.25, 0.3) is 0 Å². The summed E-state index contributed by atoms with van der Waals surface area (Å²) in [6, 6.07) is 0.390. The standard InChI is InChI=1S/C10H20N2OS/c1-8(4-5-11)10(13)12-9-3-2-6-14-7-9/h8-9H,2-7,11H2,1H3,(H,12,13). The van der Waals surface area contributed by atoms with Crippen LogP contribution >= 0.6 is 11.8 Å². The van der Waals surface area contributed by atoms with E-state index in [1.165, 1.54) is 12.2 Å². The third-order valence-electron chi connectivity index (χ3n) is 2.55. The van der Waals surface area contributed by atoms with Gasteiger partial charge >= 0.3 is 0 Å². The van der Waals surface area contributed by atoms with Crippen LogP contribution in [0, 0.1) is 5.92 Å². The molecule has 4 heteroatoms. The zero-order valence-corrected chi connectivity index (χ0v) is 9.61. The molecule has 1 fully saturated rings. The molecule has 0 aromatic rings. The van der Waals surface area contributed by atoms with Gasteiger partial charge in [0.1, 0.15) is 0 Å². The van der Waals surface area contributed by atoms with Crippen molar-refractivity contribution in [2.24, 2.45) is 11.7 Å². The van der Waals surface area contributed by atoms with Gasteiger partial charge < -0.3 is 11.1 Å². The van der Waals surface area contributed by atoms with E-state index in [0.717, 1.165) is 18.6 Å². The molecule has 0 bridgehead atoms. The Bertz CT molecular complexity index is 181. The number of rotatable bonds is 4. The molecule has 1 aliphatic heterocycles. The van der Waals surface area contributed by atoms with Crippen molar-refractivity contribution in [2.75, 3.05) is 18.1 Å². The van der Waals surface area contributed by atoms with Gasteiger partial charge in [0.05, 0.1) is 0 Å². The lowest BCUT2D eigenvalue weighted by Crippen LogP contribution is -2.41. The van der Waals surface area contributed by atoms with E-state index in [1.807, 2.05) is 18.7 Å². The van der Waals surface area contributed by atoms with Gasteiger partial charge in [0.25, 0.3) is 0 Å². The number of hydrogen-bond acceptors (Lipinski definition) is 3. The fourth-order valence-electron chi connectivity index (χ4n) is 1.58. The molecule has 0 aromatic heterocycles. The van der Waals surface area contributed by atoms with E-state index >= 15 is 0 Å². The summed E-state index contributed by atoms with van der Waals surface area (Å²) < 4.78 is 0. The average molecular weight is 216 g/mol. The van der Waals surface area contributed by atoms with Crippen LogP contribution in [0.2, 0.25) is 0 Å². The minimum absolute atomic E-state index is 0.0620. The number of thioether (sulfide) groups is 1. The summed E-state index contributed by atoms with van der Waals surface area (Å²) in [6.07, 6.45) is 3.14. The quantitative estimate of drug-likeness (QED) is 0.736. The maximum absolute atomic E-state index is 11.6. The molecule has 1 heterocycles. The van der Waals surface area contributed by atoms with E-state index in [9.17, 15) is 4.79 Å². The molecule has 1 saturated heterocycles. The highest BCUT2D eigenvalue weighted by Gasteiger charge is 2.18. The number of carbonyl (C=O) groups excluding carboxylic acids is 1. The van der Waals surface area contributed by atoms with Gasteiger partial charge in [0, 0.05) is 17.7 Å². The van der Waals surface area contributed by atoms with Crippen LogP contribution in [0.4, 0.5) is 0 Å². The first-order chi connectivity index (χ1) is 6.74. The van der Waals surface area contributed by atoms with Gasteiger partial charge in [-0.05, 0) is 31.6 Å². The number of nitrogens with one attached hydrogen (secondary N) is 1. The summed E-state index contributed by atoms with van der Waals surface area (Å²) in [4.78, 5) is 11.6. The van der Waals surface area contributed by atoms with Gasteiger partial charge in [0.15, 0.2) is 0 Å². The first kappa shape index (κ1) is 11.9. The van der Waals surface area contributed by atoms with Crippen LogP contribution in [0.1, 0.15) is 26.2 Å². The number of hydrogen-bond donors (Lipinski definition) is 2. The minimum Gasteiger partial charge on any atom is -0.352 e. The van der Waals surface area contributed by atoms with Crippen LogP contribution in [-0.4, -0.2) is 30.0 Å². The Morgan fingerprint density at radius 3 is 3.07 bits per heavy atom. The third kappa shape index (κ3) is 3.88. The Labute approximate surface area is 90.2 Å². The first-order valence-corrected chi connectivity index (χ1v) is 6.47. The SMILES string of the molecule is CC(CCN)C(=O)NC1CCCSC1. The van der Waals surface area contributed by atoms with Crippen LogP contribution in [-0.2, 0) is 4.79 Å². The highest BCUT2D eigenvalue weighted by atomic mass is 32.2. The highest BCUT2D eigenvalue weighted by Crippen LogP contribution is 2.17. The van der Waals surface area contributed by atoms with Gasteiger partial charge in [-0.2, -0.15) is 11.8 Å². The first-order valence-electron chi connectivity index (χ1n) is 5.32. The maximum atomic E-state index is 11.6. The van der Waals surface area contributed by atoms with Crippen molar-refractivity contribution in [3.05, 3.63) is 0 Å². The Morgan fingerprint density at radius 1 is 1.71 bits per heavy atom. The summed E-state index contributed by atoms with van der Waals surface area (Å²) in [5.41, 5.74) is 5.42. The van der Waals surface area contributed by atoms with Crippen molar-refractivity contribution in [1.29, 1.82) is 0 Å². The second-order valence-corrected chi connectivity index (χ2v) is 5.05. The molecule has 0 aliphatic carbocycles. The zero-order valence-electron chi connectivity index (χ0n) is 8.79. The van der Waals surface area contributed by atoms with Crippen molar-refractivity contribution < 1.29 is 4.79 Å². The molecule has 2 unspecified atom stereocenters. The van der Waals surface area contributed by atoms with Crippen molar-refractivity contribution in [1.82, 2.24) is 5.32 Å². The van der Waals surface area contributed by atoms with Crippen molar-refractivity contribution in [2.45, 2.75) is 32.2 Å². The summed E-state index contributed by atoms with van der Waals surface area (Å²) in [7, 11) is 0. The van der Waals surface area contributed by atoms with E-state index in [1.54, 1.807) is 0 Å². The van der Waals surface area contributed by atoms with Crippen LogP contribution in [0.15, 0.2) is 0 Å². The Balaban J connectivity index is 2.24. The lowest BCUT2D eigenvalue weighted by atomic mass is 10.1. The van der Waals surface area contributed by atoms with Crippen LogP contribution in [0.3, 0.4) is 0 Å². The summed E-state index contributed by atoms with van der Waals surface area (Å²) in [5.74, 6) is 2.54. The monoisotopic (exact) mass is 216 g/mol. The Hall–Kier alpha value is -0.220. The number of nitrogens with two attached hydrogens (primary N) is 1. The molecule has 1 aliphatic rings. The summed E-state index contributed by atoms with van der Waals surface area (Å²) in [5, 5.41) is 3.09. The van der Waals surface area contributed by atoms with Gasteiger partial charge in [-0.3, -0.25) is 4.79 Å². The Kier molecular flexibility index (Phi) is 5.33. The molecule has 1 rings (SSSR count). The number of amides is 1. The topological polar surface area (TPSA) is 55.1 Å². The molecular formula is C10H20N2OS. The lowest BCUT2D eigenvalue weighted by Gasteiger charge is -2.24. The van der Waals surface area contributed by atoms with E-state index in [0.29, 0.717) is 12.6 Å². The molecule has 14 heavy (non-hydrogen) atoms.